The van der Waals surface area contributed by atoms with Gasteiger partial charge in [-0.05, 0) is 31.7 Å². The van der Waals surface area contributed by atoms with E-state index in [4.69, 9.17) is 4.42 Å². The fourth-order valence-corrected chi connectivity index (χ4v) is 3.63. The van der Waals surface area contributed by atoms with Gasteiger partial charge < -0.3 is 9.73 Å². The molecule has 26 heavy (non-hydrogen) atoms. The lowest BCUT2D eigenvalue weighted by atomic mass is 9.92. The Balaban J connectivity index is 1.54. The van der Waals surface area contributed by atoms with Crippen molar-refractivity contribution in [3.63, 3.8) is 0 Å². The first-order valence-electron chi connectivity index (χ1n) is 8.95. The van der Waals surface area contributed by atoms with E-state index in [1.54, 1.807) is 13.8 Å². The Hall–Kier alpha value is -2.89. The Morgan fingerprint density at radius 3 is 2.85 bits per heavy atom. The first-order valence-corrected chi connectivity index (χ1v) is 8.95. The van der Waals surface area contributed by atoms with Crippen molar-refractivity contribution in [3.8, 4) is 0 Å². The van der Waals surface area contributed by atoms with E-state index in [0.717, 1.165) is 31.4 Å². The van der Waals surface area contributed by atoms with E-state index in [9.17, 15) is 4.79 Å². The fourth-order valence-electron chi connectivity index (χ4n) is 3.63. The Labute approximate surface area is 152 Å². The fraction of sp³-hybridized carbons (Fsp3) is 0.350. The van der Waals surface area contributed by atoms with Crippen LogP contribution in [0.25, 0.3) is 0 Å². The van der Waals surface area contributed by atoms with Gasteiger partial charge in [-0.25, -0.2) is 4.98 Å². The number of fused-ring (bicyclic) bond motifs is 1. The smallest absolute Gasteiger partial charge is 0.289 e. The highest BCUT2D eigenvalue weighted by atomic mass is 16.4. The molecule has 1 atom stereocenters. The standard InChI is InChI=1S/C20H22N4O2/c1-13-19(26-14(2)22-13)20(25)23-17-9-6-10-18-16(17)11-21-24(18)12-15-7-4-3-5-8-15/h3-5,7-8,11,17H,6,9-10,12H2,1-2H3,(H,23,25). The third-order valence-corrected chi connectivity index (χ3v) is 4.85. The molecule has 0 radical (unpaired) electrons. The number of aryl methyl sites for hydroxylation is 2. The number of nitrogens with zero attached hydrogens (tertiary/aromatic N) is 3. The maximum atomic E-state index is 12.6. The Bertz CT molecular complexity index is 927. The summed E-state index contributed by atoms with van der Waals surface area (Å²) in [6.07, 6.45) is 4.80. The third-order valence-electron chi connectivity index (χ3n) is 4.85. The Kier molecular flexibility index (Phi) is 4.32. The predicted octanol–water partition coefficient (Wildman–Crippen LogP) is 3.34. The number of carbonyl (C=O) groups excluding carboxylic acids is 1. The molecule has 0 spiro atoms. The molecule has 134 valence electrons. The highest BCUT2D eigenvalue weighted by Crippen LogP contribution is 2.30. The lowest BCUT2D eigenvalue weighted by Crippen LogP contribution is -2.31. The Morgan fingerprint density at radius 2 is 2.12 bits per heavy atom. The Morgan fingerprint density at radius 1 is 1.31 bits per heavy atom. The number of rotatable bonds is 4. The van der Waals surface area contributed by atoms with Gasteiger partial charge in [-0.3, -0.25) is 9.48 Å². The maximum Gasteiger partial charge on any atom is 0.289 e. The minimum atomic E-state index is -0.211. The van der Waals surface area contributed by atoms with Crippen LogP contribution in [0.15, 0.2) is 40.9 Å². The van der Waals surface area contributed by atoms with Gasteiger partial charge in [0.15, 0.2) is 5.89 Å². The molecule has 1 aliphatic rings. The van der Waals surface area contributed by atoms with Gasteiger partial charge in [0, 0.05) is 18.2 Å². The molecular weight excluding hydrogens is 328 g/mol. The molecule has 4 rings (SSSR count). The van der Waals surface area contributed by atoms with Crippen molar-refractivity contribution < 1.29 is 9.21 Å². The van der Waals surface area contributed by atoms with Crippen molar-refractivity contribution in [1.82, 2.24) is 20.1 Å². The molecule has 0 aliphatic heterocycles. The molecule has 0 saturated carbocycles. The summed E-state index contributed by atoms with van der Waals surface area (Å²) >= 11 is 0. The van der Waals surface area contributed by atoms with E-state index in [1.807, 2.05) is 29.1 Å². The van der Waals surface area contributed by atoms with E-state index in [0.29, 0.717) is 17.3 Å². The number of nitrogens with one attached hydrogen (secondary N) is 1. The van der Waals surface area contributed by atoms with Crippen LogP contribution in [0.4, 0.5) is 0 Å². The third kappa shape index (κ3) is 3.14. The van der Waals surface area contributed by atoms with Crippen LogP contribution in [0.3, 0.4) is 0 Å². The number of hydrogen-bond donors (Lipinski definition) is 1. The molecule has 1 aliphatic carbocycles. The van der Waals surface area contributed by atoms with Crippen LogP contribution in [-0.2, 0) is 13.0 Å². The van der Waals surface area contributed by atoms with E-state index in [2.05, 4.69) is 27.5 Å². The van der Waals surface area contributed by atoms with Gasteiger partial charge in [0.1, 0.15) is 0 Å². The van der Waals surface area contributed by atoms with Gasteiger partial charge in [-0.1, -0.05) is 30.3 Å². The van der Waals surface area contributed by atoms with Crippen molar-refractivity contribution in [3.05, 3.63) is 70.7 Å². The molecule has 6 nitrogen and oxygen atoms in total. The largest absolute Gasteiger partial charge is 0.436 e. The zero-order valence-corrected chi connectivity index (χ0v) is 15.0. The average Bonchev–Trinajstić information content (AvgIpc) is 3.19. The van der Waals surface area contributed by atoms with Gasteiger partial charge in [0.25, 0.3) is 5.91 Å². The predicted molar refractivity (Wildman–Crippen MR) is 96.9 cm³/mol. The summed E-state index contributed by atoms with van der Waals surface area (Å²) < 4.78 is 7.49. The molecule has 2 heterocycles. The minimum Gasteiger partial charge on any atom is -0.436 e. The summed E-state index contributed by atoms with van der Waals surface area (Å²) in [5.74, 6) is 0.593. The summed E-state index contributed by atoms with van der Waals surface area (Å²) in [7, 11) is 0. The van der Waals surface area contributed by atoms with Gasteiger partial charge in [-0.15, -0.1) is 0 Å². The van der Waals surface area contributed by atoms with Crippen LogP contribution in [0.5, 0.6) is 0 Å². The van der Waals surface area contributed by atoms with Gasteiger partial charge in [0.05, 0.1) is 24.5 Å². The number of benzene rings is 1. The lowest BCUT2D eigenvalue weighted by Gasteiger charge is -2.24. The number of hydrogen-bond acceptors (Lipinski definition) is 4. The van der Waals surface area contributed by atoms with Crippen LogP contribution in [-0.4, -0.2) is 20.7 Å². The summed E-state index contributed by atoms with van der Waals surface area (Å²) in [6, 6.07) is 10.3. The van der Waals surface area contributed by atoms with E-state index >= 15 is 0 Å². The molecule has 2 aromatic heterocycles. The summed E-state index contributed by atoms with van der Waals surface area (Å²) in [6.45, 7) is 4.28. The van der Waals surface area contributed by atoms with E-state index in [1.165, 1.54) is 11.3 Å². The number of carbonyl (C=O) groups is 1. The normalized spacial score (nSPS) is 16.3. The summed E-state index contributed by atoms with van der Waals surface area (Å²) in [5, 5.41) is 7.67. The van der Waals surface area contributed by atoms with Crippen molar-refractivity contribution in [2.45, 2.75) is 45.7 Å². The molecule has 6 heteroatoms. The van der Waals surface area contributed by atoms with Crippen molar-refractivity contribution in [2.24, 2.45) is 0 Å². The van der Waals surface area contributed by atoms with Crippen molar-refractivity contribution in [2.75, 3.05) is 0 Å². The van der Waals surface area contributed by atoms with E-state index < -0.39 is 0 Å². The maximum absolute atomic E-state index is 12.6. The van der Waals surface area contributed by atoms with Crippen molar-refractivity contribution in [1.29, 1.82) is 0 Å². The number of aromatic nitrogens is 3. The monoisotopic (exact) mass is 350 g/mol. The first kappa shape index (κ1) is 16.6. The van der Waals surface area contributed by atoms with Crippen LogP contribution >= 0.6 is 0 Å². The highest BCUT2D eigenvalue weighted by Gasteiger charge is 2.27. The topological polar surface area (TPSA) is 73.0 Å². The quantitative estimate of drug-likeness (QED) is 0.783. The molecule has 1 aromatic carbocycles. The van der Waals surface area contributed by atoms with Gasteiger partial charge >= 0.3 is 0 Å². The molecule has 0 fully saturated rings. The molecule has 1 N–H and O–H groups in total. The summed E-state index contributed by atoms with van der Waals surface area (Å²) in [5.41, 5.74) is 4.15. The minimum absolute atomic E-state index is 0.0411. The second-order valence-corrected chi connectivity index (χ2v) is 6.76. The summed E-state index contributed by atoms with van der Waals surface area (Å²) in [4.78, 5) is 16.8. The van der Waals surface area contributed by atoms with Crippen LogP contribution < -0.4 is 5.32 Å². The molecule has 0 bridgehead atoms. The molecule has 3 aromatic rings. The zero-order valence-electron chi connectivity index (χ0n) is 15.0. The first-order chi connectivity index (χ1) is 12.6. The van der Waals surface area contributed by atoms with Crippen LogP contribution in [0, 0.1) is 13.8 Å². The molecule has 1 unspecified atom stereocenters. The van der Waals surface area contributed by atoms with Crippen molar-refractivity contribution >= 4 is 5.91 Å². The second-order valence-electron chi connectivity index (χ2n) is 6.76. The van der Waals surface area contributed by atoms with E-state index in [-0.39, 0.29) is 11.9 Å². The van der Waals surface area contributed by atoms with Crippen LogP contribution in [0.1, 0.15) is 57.8 Å². The SMILES string of the molecule is Cc1nc(C)c(C(=O)NC2CCCc3c2cnn3Cc2ccccc2)o1. The molecule has 1 amide bonds. The second kappa shape index (κ2) is 6.78. The average molecular weight is 350 g/mol. The molecular formula is C20H22N4O2. The number of oxazole rings is 1. The van der Waals surface area contributed by atoms with Crippen LogP contribution in [0.2, 0.25) is 0 Å². The highest BCUT2D eigenvalue weighted by molar-refractivity contribution is 5.92. The molecule has 0 saturated heterocycles. The lowest BCUT2D eigenvalue weighted by molar-refractivity contribution is 0.0902. The van der Waals surface area contributed by atoms with Gasteiger partial charge in [-0.2, -0.15) is 5.10 Å². The van der Waals surface area contributed by atoms with Gasteiger partial charge in [0.2, 0.25) is 5.76 Å². The number of amides is 1. The zero-order chi connectivity index (χ0) is 18.1.